The molecule has 1 aliphatic heterocycles. The van der Waals surface area contributed by atoms with Crippen LogP contribution in [0.5, 0.6) is 0 Å². The van der Waals surface area contributed by atoms with Gasteiger partial charge in [0, 0.05) is 20.2 Å². The number of methoxy groups -OCH3 is 1. The first-order chi connectivity index (χ1) is 12.5. The van der Waals surface area contributed by atoms with Gasteiger partial charge in [-0.2, -0.15) is 5.06 Å². The fourth-order valence-electron chi connectivity index (χ4n) is 2.85. The summed E-state index contributed by atoms with van der Waals surface area (Å²) in [6, 6.07) is 0. The number of nitrogens with two attached hydrogens (primary N) is 1. The van der Waals surface area contributed by atoms with Crippen molar-refractivity contribution in [1.29, 1.82) is 0 Å². The largest absolute Gasteiger partial charge is 0.387 e. The second-order valence-electron chi connectivity index (χ2n) is 5.97. The molecular weight excluding hydrogens is 346 g/mol. The quantitative estimate of drug-likeness (QED) is 0.197. The van der Waals surface area contributed by atoms with Gasteiger partial charge in [0.2, 0.25) is 0 Å². The molecule has 0 aliphatic carbocycles. The van der Waals surface area contributed by atoms with Crippen molar-refractivity contribution in [3.8, 4) is 0 Å². The highest BCUT2D eigenvalue weighted by atomic mass is 16.6. The molecule has 0 saturated carbocycles. The number of hydroxylamine groups is 2. The number of aliphatic hydroxyl groups is 2. The van der Waals surface area contributed by atoms with E-state index in [4.69, 9.17) is 15.2 Å². The van der Waals surface area contributed by atoms with Gasteiger partial charge in [0.25, 0.3) is 0 Å². The Balaban J connectivity index is 1.66. The third-order valence-electron chi connectivity index (χ3n) is 4.18. The van der Waals surface area contributed by atoms with Crippen LogP contribution in [0.2, 0.25) is 0 Å². The van der Waals surface area contributed by atoms with Crippen molar-refractivity contribution in [2.45, 2.75) is 24.5 Å². The van der Waals surface area contributed by atoms with Gasteiger partial charge in [-0.1, -0.05) is 0 Å². The zero-order valence-corrected chi connectivity index (χ0v) is 14.3. The van der Waals surface area contributed by atoms with Gasteiger partial charge >= 0.3 is 0 Å². The normalized spacial score (nSPS) is 26.2. The van der Waals surface area contributed by atoms with Gasteiger partial charge in [0.15, 0.2) is 17.7 Å². The van der Waals surface area contributed by atoms with Gasteiger partial charge in [-0.05, 0) is 0 Å². The van der Waals surface area contributed by atoms with Crippen LogP contribution in [0.15, 0.2) is 12.7 Å². The summed E-state index contributed by atoms with van der Waals surface area (Å²) in [5.74, 6) is 0.212. The fourth-order valence-corrected chi connectivity index (χ4v) is 2.85. The number of ether oxygens (including phenoxy) is 2. The highest BCUT2D eigenvalue weighted by Crippen LogP contribution is 2.32. The molecule has 2 aromatic heterocycles. The van der Waals surface area contributed by atoms with Crippen molar-refractivity contribution in [2.75, 3.05) is 39.2 Å². The molecule has 3 heterocycles. The molecule has 3 rings (SSSR count). The standard InChI is InChI=1S/C14H23N7O5/c1-25-7-16-2-3-20(24)4-8-10(22)11(23)14(26-8)21-6-19-9-12(15)17-5-18-13(9)21/h5-6,8,10-11,14,16,22-24H,2-4,7H2,1H3,(H2,15,17,18)/t8-,10?,11?,14-/m1/s1. The summed E-state index contributed by atoms with van der Waals surface area (Å²) in [6.45, 7) is 1.18. The Morgan fingerprint density at radius 2 is 2.15 bits per heavy atom. The molecule has 2 unspecified atom stereocenters. The van der Waals surface area contributed by atoms with Crippen LogP contribution in [0.25, 0.3) is 11.2 Å². The van der Waals surface area contributed by atoms with E-state index in [9.17, 15) is 15.4 Å². The van der Waals surface area contributed by atoms with Crippen LogP contribution in [0.4, 0.5) is 5.82 Å². The molecule has 0 bridgehead atoms. The lowest BCUT2D eigenvalue weighted by Gasteiger charge is -2.21. The minimum absolute atomic E-state index is 0.0210. The van der Waals surface area contributed by atoms with E-state index in [1.807, 2.05) is 0 Å². The number of nitrogen functional groups attached to an aromatic ring is 1. The third-order valence-corrected chi connectivity index (χ3v) is 4.18. The van der Waals surface area contributed by atoms with Crippen molar-refractivity contribution < 1.29 is 24.9 Å². The van der Waals surface area contributed by atoms with Gasteiger partial charge in [-0.3, -0.25) is 9.88 Å². The van der Waals surface area contributed by atoms with E-state index in [0.29, 0.717) is 31.0 Å². The van der Waals surface area contributed by atoms with Crippen molar-refractivity contribution in [3.05, 3.63) is 12.7 Å². The summed E-state index contributed by atoms with van der Waals surface area (Å²) in [6.07, 6.45) is -1.39. The first kappa shape index (κ1) is 18.8. The molecule has 1 aliphatic rings. The van der Waals surface area contributed by atoms with Crippen LogP contribution >= 0.6 is 0 Å². The number of nitrogens with one attached hydrogen (secondary N) is 1. The van der Waals surface area contributed by atoms with Crippen LogP contribution < -0.4 is 11.1 Å². The topological polar surface area (TPSA) is 164 Å². The number of anilines is 1. The van der Waals surface area contributed by atoms with E-state index in [2.05, 4.69) is 20.3 Å². The Kier molecular flexibility index (Phi) is 5.93. The van der Waals surface area contributed by atoms with Crippen LogP contribution in [-0.4, -0.2) is 91.8 Å². The average molecular weight is 369 g/mol. The van der Waals surface area contributed by atoms with E-state index >= 15 is 0 Å². The minimum Gasteiger partial charge on any atom is -0.387 e. The fraction of sp³-hybridized carbons (Fsp3) is 0.643. The van der Waals surface area contributed by atoms with Gasteiger partial charge in [0.1, 0.15) is 30.2 Å². The number of hydrogen-bond donors (Lipinski definition) is 5. The molecule has 4 atom stereocenters. The van der Waals surface area contributed by atoms with Gasteiger partial charge in [-0.25, -0.2) is 15.0 Å². The molecule has 144 valence electrons. The molecule has 12 nitrogen and oxygen atoms in total. The maximum Gasteiger partial charge on any atom is 0.167 e. The van der Waals surface area contributed by atoms with E-state index in [0.717, 1.165) is 5.06 Å². The summed E-state index contributed by atoms with van der Waals surface area (Å²) in [4.78, 5) is 12.1. The van der Waals surface area contributed by atoms with Crippen LogP contribution in [0, 0.1) is 0 Å². The molecule has 1 saturated heterocycles. The lowest BCUT2D eigenvalue weighted by molar-refractivity contribution is -0.135. The molecule has 0 aromatic carbocycles. The molecule has 26 heavy (non-hydrogen) atoms. The highest BCUT2D eigenvalue weighted by Gasteiger charge is 2.44. The number of aliphatic hydroxyl groups excluding tert-OH is 2. The summed E-state index contributed by atoms with van der Waals surface area (Å²) >= 11 is 0. The summed E-state index contributed by atoms with van der Waals surface area (Å²) in [5, 5.41) is 34.6. The maximum absolute atomic E-state index is 10.4. The average Bonchev–Trinajstić information content (AvgIpc) is 3.16. The van der Waals surface area contributed by atoms with E-state index < -0.39 is 24.5 Å². The minimum atomic E-state index is -1.21. The first-order valence-electron chi connectivity index (χ1n) is 8.11. The summed E-state index contributed by atoms with van der Waals surface area (Å²) in [5.41, 5.74) is 6.53. The Hall–Kier alpha value is -1.93. The Labute approximate surface area is 149 Å². The number of fused-ring (bicyclic) bond motifs is 1. The Morgan fingerprint density at radius 1 is 1.35 bits per heavy atom. The van der Waals surface area contributed by atoms with E-state index in [1.165, 1.54) is 17.2 Å². The van der Waals surface area contributed by atoms with Crippen molar-refractivity contribution in [2.24, 2.45) is 0 Å². The molecule has 0 spiro atoms. The summed E-state index contributed by atoms with van der Waals surface area (Å²) in [7, 11) is 1.56. The summed E-state index contributed by atoms with van der Waals surface area (Å²) < 4.78 is 12.1. The second-order valence-corrected chi connectivity index (χ2v) is 5.97. The molecule has 0 amide bonds. The smallest absolute Gasteiger partial charge is 0.167 e. The third kappa shape index (κ3) is 3.76. The molecule has 2 aromatic rings. The predicted molar refractivity (Wildman–Crippen MR) is 88.9 cm³/mol. The van der Waals surface area contributed by atoms with E-state index in [1.54, 1.807) is 7.11 Å². The number of nitrogens with zero attached hydrogens (tertiary/aromatic N) is 5. The lowest BCUT2D eigenvalue weighted by atomic mass is 10.1. The number of rotatable bonds is 8. The predicted octanol–water partition coefficient (Wildman–Crippen LogP) is -2.09. The lowest BCUT2D eigenvalue weighted by Crippen LogP contribution is -2.41. The second kappa shape index (κ2) is 8.18. The van der Waals surface area contributed by atoms with Crippen molar-refractivity contribution >= 4 is 17.0 Å². The Morgan fingerprint density at radius 3 is 2.92 bits per heavy atom. The molecule has 0 radical (unpaired) electrons. The Bertz CT molecular complexity index is 729. The van der Waals surface area contributed by atoms with Crippen LogP contribution in [0.1, 0.15) is 6.23 Å². The zero-order chi connectivity index (χ0) is 18.7. The van der Waals surface area contributed by atoms with Gasteiger partial charge < -0.3 is 30.6 Å². The monoisotopic (exact) mass is 369 g/mol. The maximum atomic E-state index is 10.4. The molecular formula is C14H23N7O5. The van der Waals surface area contributed by atoms with Crippen LogP contribution in [0.3, 0.4) is 0 Å². The van der Waals surface area contributed by atoms with E-state index in [-0.39, 0.29) is 12.4 Å². The van der Waals surface area contributed by atoms with Crippen LogP contribution in [-0.2, 0) is 9.47 Å². The van der Waals surface area contributed by atoms with Crippen molar-refractivity contribution in [1.82, 2.24) is 29.9 Å². The molecule has 6 N–H and O–H groups in total. The molecule has 12 heteroatoms. The first-order valence-corrected chi connectivity index (χ1v) is 8.11. The number of imidazole rings is 1. The highest BCUT2D eigenvalue weighted by molar-refractivity contribution is 5.81. The SMILES string of the molecule is COCNCCN(O)C[C@H]1O[C@@H](n2cnc3c(N)ncnc32)C(O)C1O. The molecule has 1 fully saturated rings. The van der Waals surface area contributed by atoms with Gasteiger partial charge in [0.05, 0.1) is 19.6 Å². The number of hydrogen-bond acceptors (Lipinski definition) is 11. The number of aromatic nitrogens is 4. The van der Waals surface area contributed by atoms with Gasteiger partial charge in [-0.15, -0.1) is 0 Å². The van der Waals surface area contributed by atoms with Crippen molar-refractivity contribution in [3.63, 3.8) is 0 Å². The zero-order valence-electron chi connectivity index (χ0n) is 14.3.